The van der Waals surface area contributed by atoms with Crippen LogP contribution in [0.1, 0.15) is 5.56 Å². The average molecular weight is 330 g/mol. The molecule has 4 nitrogen and oxygen atoms in total. The van der Waals surface area contributed by atoms with Gasteiger partial charge in [-0.2, -0.15) is 0 Å². The molecule has 1 heterocycles. The molecule has 0 unspecified atom stereocenters. The fourth-order valence-electron chi connectivity index (χ4n) is 2.67. The summed E-state index contributed by atoms with van der Waals surface area (Å²) in [6, 6.07) is 15.4. The van der Waals surface area contributed by atoms with E-state index in [0.717, 1.165) is 37.4 Å². The zero-order chi connectivity index (χ0) is 16.1. The Morgan fingerprint density at radius 2 is 1.70 bits per heavy atom. The maximum absolute atomic E-state index is 12.1. The van der Waals surface area contributed by atoms with Crippen molar-refractivity contribution >= 4 is 28.9 Å². The molecular weight excluding hydrogens is 310 g/mol. The van der Waals surface area contributed by atoms with Crippen LogP contribution < -0.4 is 15.5 Å². The first kappa shape index (κ1) is 15.8. The van der Waals surface area contributed by atoms with Crippen LogP contribution in [0.4, 0.5) is 11.4 Å². The van der Waals surface area contributed by atoms with Crippen LogP contribution in [0.25, 0.3) is 0 Å². The number of hydrogen-bond acceptors (Lipinski definition) is 3. The van der Waals surface area contributed by atoms with Crippen molar-refractivity contribution in [2.24, 2.45) is 0 Å². The summed E-state index contributed by atoms with van der Waals surface area (Å²) >= 11 is 5.85. The second-order valence-electron chi connectivity index (χ2n) is 5.64. The molecule has 2 N–H and O–H groups in total. The van der Waals surface area contributed by atoms with E-state index in [1.807, 2.05) is 24.3 Å². The second kappa shape index (κ2) is 7.49. The highest BCUT2D eigenvalue weighted by Crippen LogP contribution is 2.18. The number of hydrogen-bond donors (Lipinski definition) is 2. The number of nitrogens with one attached hydrogen (secondary N) is 2. The lowest BCUT2D eigenvalue weighted by atomic mass is 10.1. The van der Waals surface area contributed by atoms with E-state index in [9.17, 15) is 4.79 Å². The third-order valence-corrected chi connectivity index (χ3v) is 4.16. The molecule has 0 atom stereocenters. The third kappa shape index (κ3) is 4.47. The number of piperazine rings is 1. The topological polar surface area (TPSA) is 44.4 Å². The van der Waals surface area contributed by atoms with Crippen molar-refractivity contribution in [1.29, 1.82) is 0 Å². The van der Waals surface area contributed by atoms with Gasteiger partial charge in [-0.25, -0.2) is 0 Å². The molecule has 23 heavy (non-hydrogen) atoms. The number of carbonyl (C=O) groups is 1. The fourth-order valence-corrected chi connectivity index (χ4v) is 2.80. The van der Waals surface area contributed by atoms with E-state index in [0.29, 0.717) is 11.4 Å². The summed E-state index contributed by atoms with van der Waals surface area (Å²) in [4.78, 5) is 14.4. The molecule has 1 aliphatic heterocycles. The number of benzene rings is 2. The van der Waals surface area contributed by atoms with E-state index in [2.05, 4.69) is 27.7 Å². The summed E-state index contributed by atoms with van der Waals surface area (Å²) in [5.74, 6) is -0.0257. The van der Waals surface area contributed by atoms with Gasteiger partial charge in [-0.15, -0.1) is 0 Å². The van der Waals surface area contributed by atoms with Crippen LogP contribution in [0, 0.1) is 0 Å². The molecule has 0 radical (unpaired) electrons. The molecule has 0 aliphatic carbocycles. The quantitative estimate of drug-likeness (QED) is 0.906. The fraction of sp³-hybridized carbons (Fsp3) is 0.278. The molecule has 2 aromatic carbocycles. The molecule has 5 heteroatoms. The predicted octanol–water partition coefficient (Wildman–Crippen LogP) is 2.93. The Morgan fingerprint density at radius 3 is 2.35 bits per heavy atom. The summed E-state index contributed by atoms with van der Waals surface area (Å²) in [6.45, 7) is 4.06. The van der Waals surface area contributed by atoms with Crippen molar-refractivity contribution in [2.75, 3.05) is 36.4 Å². The molecule has 0 aromatic heterocycles. The van der Waals surface area contributed by atoms with Crippen LogP contribution in [-0.2, 0) is 11.2 Å². The van der Waals surface area contributed by atoms with Gasteiger partial charge in [0.05, 0.1) is 6.42 Å². The highest BCUT2D eigenvalue weighted by molar-refractivity contribution is 6.30. The van der Waals surface area contributed by atoms with Crippen molar-refractivity contribution in [3.63, 3.8) is 0 Å². The standard InChI is InChI=1S/C18H20ClN3O/c19-15-3-1-14(2-4-15)13-18(23)21-16-5-7-17(8-6-16)22-11-9-20-10-12-22/h1-8,20H,9-13H2,(H,21,23). The van der Waals surface area contributed by atoms with E-state index in [4.69, 9.17) is 11.6 Å². The van der Waals surface area contributed by atoms with E-state index >= 15 is 0 Å². The Morgan fingerprint density at radius 1 is 1.04 bits per heavy atom. The van der Waals surface area contributed by atoms with Crippen molar-refractivity contribution < 1.29 is 4.79 Å². The van der Waals surface area contributed by atoms with E-state index in [1.165, 1.54) is 5.69 Å². The zero-order valence-electron chi connectivity index (χ0n) is 12.9. The minimum Gasteiger partial charge on any atom is -0.369 e. The Labute approximate surface area is 141 Å². The van der Waals surface area contributed by atoms with E-state index in [1.54, 1.807) is 12.1 Å². The van der Waals surface area contributed by atoms with Crippen molar-refractivity contribution in [3.05, 3.63) is 59.1 Å². The highest BCUT2D eigenvalue weighted by Gasteiger charge is 2.10. The van der Waals surface area contributed by atoms with Gasteiger partial charge in [-0.1, -0.05) is 23.7 Å². The molecule has 2 aromatic rings. The number of halogens is 1. The molecule has 1 saturated heterocycles. The maximum atomic E-state index is 12.1. The smallest absolute Gasteiger partial charge is 0.228 e. The Hall–Kier alpha value is -2.04. The second-order valence-corrected chi connectivity index (χ2v) is 6.07. The van der Waals surface area contributed by atoms with Gasteiger partial charge in [0.1, 0.15) is 0 Å². The first-order valence-electron chi connectivity index (χ1n) is 7.81. The van der Waals surface area contributed by atoms with E-state index < -0.39 is 0 Å². The lowest BCUT2D eigenvalue weighted by molar-refractivity contribution is -0.115. The van der Waals surface area contributed by atoms with Gasteiger partial charge >= 0.3 is 0 Å². The van der Waals surface area contributed by atoms with Crippen LogP contribution in [-0.4, -0.2) is 32.1 Å². The molecule has 120 valence electrons. The molecule has 1 fully saturated rings. The number of amides is 1. The Balaban J connectivity index is 1.57. The summed E-state index contributed by atoms with van der Waals surface area (Å²) in [7, 11) is 0. The monoisotopic (exact) mass is 329 g/mol. The minimum atomic E-state index is -0.0257. The third-order valence-electron chi connectivity index (χ3n) is 3.91. The Bertz CT molecular complexity index is 649. The molecule has 1 amide bonds. The summed E-state index contributed by atoms with van der Waals surface area (Å²) in [6.07, 6.45) is 0.344. The van der Waals surface area contributed by atoms with Gasteiger partial charge in [0, 0.05) is 42.6 Å². The maximum Gasteiger partial charge on any atom is 0.228 e. The van der Waals surface area contributed by atoms with Gasteiger partial charge in [0.15, 0.2) is 0 Å². The molecule has 0 bridgehead atoms. The summed E-state index contributed by atoms with van der Waals surface area (Å²) < 4.78 is 0. The minimum absolute atomic E-state index is 0.0257. The van der Waals surface area contributed by atoms with Gasteiger partial charge in [0.25, 0.3) is 0 Å². The molecule has 3 rings (SSSR count). The van der Waals surface area contributed by atoms with Crippen LogP contribution in [0.2, 0.25) is 5.02 Å². The van der Waals surface area contributed by atoms with Crippen molar-refractivity contribution in [1.82, 2.24) is 5.32 Å². The SMILES string of the molecule is O=C(Cc1ccc(Cl)cc1)Nc1ccc(N2CCNCC2)cc1. The van der Waals surface area contributed by atoms with Gasteiger partial charge < -0.3 is 15.5 Å². The average Bonchev–Trinajstić information content (AvgIpc) is 2.58. The van der Waals surface area contributed by atoms with Crippen LogP contribution in [0.3, 0.4) is 0 Å². The number of nitrogens with zero attached hydrogens (tertiary/aromatic N) is 1. The molecule has 1 aliphatic rings. The summed E-state index contributed by atoms with van der Waals surface area (Å²) in [5, 5.41) is 6.95. The largest absolute Gasteiger partial charge is 0.369 e. The molecular formula is C18H20ClN3O. The normalized spacial score (nSPS) is 14.6. The van der Waals surface area contributed by atoms with Gasteiger partial charge in [0.2, 0.25) is 5.91 Å². The van der Waals surface area contributed by atoms with Crippen molar-refractivity contribution in [2.45, 2.75) is 6.42 Å². The molecule has 0 spiro atoms. The predicted molar refractivity (Wildman–Crippen MR) is 95.3 cm³/mol. The van der Waals surface area contributed by atoms with Crippen molar-refractivity contribution in [3.8, 4) is 0 Å². The Kier molecular flexibility index (Phi) is 5.16. The van der Waals surface area contributed by atoms with Crippen LogP contribution in [0.5, 0.6) is 0 Å². The number of anilines is 2. The lowest BCUT2D eigenvalue weighted by Gasteiger charge is -2.29. The lowest BCUT2D eigenvalue weighted by Crippen LogP contribution is -2.43. The zero-order valence-corrected chi connectivity index (χ0v) is 13.6. The number of rotatable bonds is 4. The van der Waals surface area contributed by atoms with Gasteiger partial charge in [-0.05, 0) is 42.0 Å². The first-order chi connectivity index (χ1) is 11.2. The van der Waals surface area contributed by atoms with Crippen LogP contribution in [0.15, 0.2) is 48.5 Å². The first-order valence-corrected chi connectivity index (χ1v) is 8.18. The van der Waals surface area contributed by atoms with Gasteiger partial charge in [-0.3, -0.25) is 4.79 Å². The number of carbonyl (C=O) groups excluding carboxylic acids is 1. The van der Waals surface area contributed by atoms with Crippen LogP contribution >= 0.6 is 11.6 Å². The summed E-state index contributed by atoms with van der Waals surface area (Å²) in [5.41, 5.74) is 2.97. The highest BCUT2D eigenvalue weighted by atomic mass is 35.5. The van der Waals surface area contributed by atoms with E-state index in [-0.39, 0.29) is 5.91 Å². The molecule has 0 saturated carbocycles.